The van der Waals surface area contributed by atoms with E-state index in [4.69, 9.17) is 11.6 Å². The number of alkyl halides is 1. The van der Waals surface area contributed by atoms with Gasteiger partial charge < -0.3 is 4.90 Å². The van der Waals surface area contributed by atoms with Gasteiger partial charge in [0.2, 0.25) is 5.91 Å². The van der Waals surface area contributed by atoms with Crippen LogP contribution in [-0.2, 0) is 4.79 Å². The number of hydrogen-bond acceptors (Lipinski definition) is 2. The van der Waals surface area contributed by atoms with Crippen molar-refractivity contribution in [3.05, 3.63) is 0 Å². The van der Waals surface area contributed by atoms with Gasteiger partial charge in [-0.05, 0) is 12.8 Å². The lowest BCUT2D eigenvalue weighted by Crippen LogP contribution is -2.33. The van der Waals surface area contributed by atoms with E-state index in [0.717, 1.165) is 31.7 Å². The monoisotopic (exact) mass is 249 g/mol. The Bertz CT molecular complexity index is 221. The van der Waals surface area contributed by atoms with Gasteiger partial charge in [-0.2, -0.15) is 11.8 Å². The van der Waals surface area contributed by atoms with Gasteiger partial charge in [-0.1, -0.05) is 13.8 Å². The van der Waals surface area contributed by atoms with Crippen molar-refractivity contribution in [3.8, 4) is 0 Å². The van der Waals surface area contributed by atoms with Crippen LogP contribution in [0, 0.1) is 0 Å². The van der Waals surface area contributed by atoms with E-state index in [0.29, 0.717) is 17.0 Å². The molecule has 0 aromatic rings. The van der Waals surface area contributed by atoms with E-state index in [1.165, 1.54) is 0 Å². The van der Waals surface area contributed by atoms with Crippen molar-refractivity contribution in [2.24, 2.45) is 0 Å². The number of carbonyl (C=O) groups is 1. The van der Waals surface area contributed by atoms with Crippen LogP contribution in [0.15, 0.2) is 0 Å². The van der Waals surface area contributed by atoms with Gasteiger partial charge in [0.1, 0.15) is 0 Å². The first-order valence-corrected chi connectivity index (χ1v) is 7.05. The van der Waals surface area contributed by atoms with E-state index >= 15 is 0 Å². The number of hydrogen-bond donors (Lipinski definition) is 0. The molecular formula is C11H20ClNOS. The van der Waals surface area contributed by atoms with E-state index in [-0.39, 0.29) is 5.91 Å². The number of amides is 1. The number of carbonyl (C=O) groups excluding carboxylic acids is 1. The van der Waals surface area contributed by atoms with Crippen LogP contribution in [0.25, 0.3) is 0 Å². The van der Waals surface area contributed by atoms with E-state index in [2.05, 4.69) is 13.8 Å². The maximum absolute atomic E-state index is 11.8. The van der Waals surface area contributed by atoms with Gasteiger partial charge in [0.15, 0.2) is 0 Å². The molecular weight excluding hydrogens is 230 g/mol. The highest BCUT2D eigenvalue weighted by Gasteiger charge is 2.25. The molecule has 0 bridgehead atoms. The molecule has 88 valence electrons. The van der Waals surface area contributed by atoms with Crippen LogP contribution in [0.5, 0.6) is 0 Å². The maximum Gasteiger partial charge on any atom is 0.222 e. The first kappa shape index (κ1) is 13.2. The van der Waals surface area contributed by atoms with Crippen LogP contribution >= 0.6 is 23.4 Å². The second-order valence-electron chi connectivity index (χ2n) is 4.53. The van der Waals surface area contributed by atoms with Crippen molar-refractivity contribution >= 4 is 29.3 Å². The highest BCUT2D eigenvalue weighted by atomic mass is 35.5. The highest BCUT2D eigenvalue weighted by Crippen LogP contribution is 2.30. The number of halogens is 1. The summed E-state index contributed by atoms with van der Waals surface area (Å²) in [6, 6.07) is 0. The van der Waals surface area contributed by atoms with Gasteiger partial charge in [-0.15, -0.1) is 11.6 Å². The Morgan fingerprint density at radius 1 is 1.47 bits per heavy atom. The van der Waals surface area contributed by atoms with E-state index in [1.54, 1.807) is 0 Å². The SMILES string of the molecule is CC1(C)CCN(C(=O)CCCCl)CCS1. The Kier molecular flexibility index (Phi) is 5.27. The van der Waals surface area contributed by atoms with Gasteiger partial charge in [-0.25, -0.2) is 0 Å². The second-order valence-corrected chi connectivity index (χ2v) is 6.71. The molecule has 1 fully saturated rings. The number of thioether (sulfide) groups is 1. The van der Waals surface area contributed by atoms with E-state index in [9.17, 15) is 4.79 Å². The summed E-state index contributed by atoms with van der Waals surface area (Å²) in [6.07, 6.45) is 2.49. The third-order valence-corrected chi connectivity index (χ3v) is 4.35. The van der Waals surface area contributed by atoms with Crippen molar-refractivity contribution in [1.29, 1.82) is 0 Å². The topological polar surface area (TPSA) is 20.3 Å². The molecule has 2 nitrogen and oxygen atoms in total. The maximum atomic E-state index is 11.8. The molecule has 0 saturated carbocycles. The molecule has 1 heterocycles. The number of nitrogens with zero attached hydrogens (tertiary/aromatic N) is 1. The minimum atomic E-state index is 0.272. The predicted molar refractivity (Wildman–Crippen MR) is 67.7 cm³/mol. The summed E-state index contributed by atoms with van der Waals surface area (Å²) in [7, 11) is 0. The minimum Gasteiger partial charge on any atom is -0.342 e. The Morgan fingerprint density at radius 2 is 2.20 bits per heavy atom. The van der Waals surface area contributed by atoms with Crippen LogP contribution in [0.3, 0.4) is 0 Å². The molecule has 0 radical (unpaired) electrons. The van der Waals surface area contributed by atoms with Crippen LogP contribution in [0.2, 0.25) is 0 Å². The van der Waals surface area contributed by atoms with Crippen molar-refractivity contribution < 1.29 is 4.79 Å². The smallest absolute Gasteiger partial charge is 0.222 e. The molecule has 15 heavy (non-hydrogen) atoms. The fourth-order valence-corrected chi connectivity index (χ4v) is 2.88. The molecule has 1 saturated heterocycles. The molecule has 0 atom stereocenters. The largest absolute Gasteiger partial charge is 0.342 e. The van der Waals surface area contributed by atoms with Gasteiger partial charge in [0.25, 0.3) is 0 Å². The van der Waals surface area contributed by atoms with Crippen LogP contribution < -0.4 is 0 Å². The zero-order valence-corrected chi connectivity index (χ0v) is 11.2. The van der Waals surface area contributed by atoms with Crippen LogP contribution in [0.4, 0.5) is 0 Å². The quantitative estimate of drug-likeness (QED) is 0.717. The predicted octanol–water partition coefficient (Wildman–Crippen LogP) is 2.75. The number of rotatable bonds is 3. The lowest BCUT2D eigenvalue weighted by Gasteiger charge is -2.22. The molecule has 0 aliphatic carbocycles. The molecule has 0 aromatic carbocycles. The molecule has 4 heteroatoms. The Hall–Kier alpha value is 0.110. The third kappa shape index (κ3) is 4.64. The molecule has 0 spiro atoms. The molecule has 0 unspecified atom stereocenters. The van der Waals surface area contributed by atoms with Gasteiger partial charge in [-0.3, -0.25) is 4.79 Å². The van der Waals surface area contributed by atoms with Crippen LogP contribution in [-0.4, -0.2) is 40.3 Å². The first-order chi connectivity index (χ1) is 7.05. The van der Waals surface area contributed by atoms with Crippen molar-refractivity contribution in [3.63, 3.8) is 0 Å². The lowest BCUT2D eigenvalue weighted by molar-refractivity contribution is -0.131. The normalized spacial score (nSPS) is 21.1. The van der Waals surface area contributed by atoms with Crippen molar-refractivity contribution in [1.82, 2.24) is 4.90 Å². The Morgan fingerprint density at radius 3 is 2.87 bits per heavy atom. The Labute approximate surface area is 102 Å². The molecule has 0 aromatic heterocycles. The van der Waals surface area contributed by atoms with Gasteiger partial charge in [0.05, 0.1) is 0 Å². The summed E-state index contributed by atoms with van der Waals surface area (Å²) in [6.45, 7) is 6.31. The van der Waals surface area contributed by atoms with Gasteiger partial charge >= 0.3 is 0 Å². The fourth-order valence-electron chi connectivity index (χ4n) is 1.65. The standard InChI is InChI=1S/C11H20ClNOS/c1-11(2)5-7-13(8-9-15-11)10(14)4-3-6-12/h3-9H2,1-2H3. The molecule has 1 rings (SSSR count). The molecule has 0 N–H and O–H groups in total. The summed E-state index contributed by atoms with van der Waals surface area (Å²) >= 11 is 7.55. The first-order valence-electron chi connectivity index (χ1n) is 5.53. The highest BCUT2D eigenvalue weighted by molar-refractivity contribution is 8.00. The second kappa shape index (κ2) is 6.00. The van der Waals surface area contributed by atoms with Crippen LogP contribution in [0.1, 0.15) is 33.1 Å². The summed E-state index contributed by atoms with van der Waals surface area (Å²) < 4.78 is 0.321. The minimum absolute atomic E-state index is 0.272. The summed E-state index contributed by atoms with van der Waals surface area (Å²) in [4.78, 5) is 13.8. The Balaban J connectivity index is 2.40. The van der Waals surface area contributed by atoms with E-state index in [1.807, 2.05) is 16.7 Å². The molecule has 1 aliphatic rings. The zero-order chi connectivity index (χ0) is 11.3. The van der Waals surface area contributed by atoms with Crippen molar-refractivity contribution in [2.45, 2.75) is 37.9 Å². The van der Waals surface area contributed by atoms with Gasteiger partial charge in [0, 0.05) is 35.9 Å². The molecule has 1 aliphatic heterocycles. The average molecular weight is 250 g/mol. The average Bonchev–Trinajstić information content (AvgIpc) is 2.36. The zero-order valence-electron chi connectivity index (χ0n) is 9.59. The summed E-state index contributed by atoms with van der Waals surface area (Å²) in [5.41, 5.74) is 0. The summed E-state index contributed by atoms with van der Waals surface area (Å²) in [5, 5.41) is 0. The molecule has 1 amide bonds. The summed E-state index contributed by atoms with van der Waals surface area (Å²) in [5.74, 6) is 1.91. The fraction of sp³-hybridized carbons (Fsp3) is 0.909. The third-order valence-electron chi connectivity index (χ3n) is 2.71. The lowest BCUT2D eigenvalue weighted by atomic mass is 10.1. The van der Waals surface area contributed by atoms with Crippen molar-refractivity contribution in [2.75, 3.05) is 24.7 Å². The van der Waals surface area contributed by atoms with E-state index < -0.39 is 0 Å².